The first-order valence-electron chi connectivity index (χ1n) is 8.34. The van der Waals surface area contributed by atoms with Gasteiger partial charge < -0.3 is 9.64 Å². The van der Waals surface area contributed by atoms with Gasteiger partial charge in [-0.1, -0.05) is 19.3 Å². The van der Waals surface area contributed by atoms with Crippen molar-refractivity contribution in [1.29, 1.82) is 0 Å². The van der Waals surface area contributed by atoms with Crippen LogP contribution in [0.25, 0.3) is 0 Å². The van der Waals surface area contributed by atoms with E-state index in [0.717, 1.165) is 32.6 Å². The van der Waals surface area contributed by atoms with Gasteiger partial charge >= 0.3 is 5.97 Å². The zero-order chi connectivity index (χ0) is 15.1. The summed E-state index contributed by atoms with van der Waals surface area (Å²) in [6, 6.07) is 0. The minimum atomic E-state index is -0.167. The average molecular weight is 296 g/mol. The first-order chi connectivity index (χ1) is 10.2. The van der Waals surface area contributed by atoms with Gasteiger partial charge in [0.15, 0.2) is 0 Å². The van der Waals surface area contributed by atoms with E-state index in [0.29, 0.717) is 25.0 Å². The fourth-order valence-corrected chi connectivity index (χ4v) is 3.31. The van der Waals surface area contributed by atoms with Gasteiger partial charge in [0.05, 0.1) is 13.2 Å². The Bertz CT molecular complexity index is 345. The highest BCUT2D eigenvalue weighted by atomic mass is 16.5. The zero-order valence-corrected chi connectivity index (χ0v) is 13.2. The van der Waals surface area contributed by atoms with Gasteiger partial charge in [-0.2, -0.15) is 0 Å². The van der Waals surface area contributed by atoms with E-state index in [1.54, 1.807) is 0 Å². The van der Waals surface area contributed by atoms with Crippen LogP contribution in [0.3, 0.4) is 0 Å². The Kier molecular flexibility index (Phi) is 6.49. The third-order valence-corrected chi connectivity index (χ3v) is 4.57. The van der Waals surface area contributed by atoms with Gasteiger partial charge in [0, 0.05) is 32.6 Å². The summed E-state index contributed by atoms with van der Waals surface area (Å²) in [5.74, 6) is 0.737. The van der Waals surface area contributed by atoms with E-state index >= 15 is 0 Å². The van der Waals surface area contributed by atoms with Crippen LogP contribution < -0.4 is 0 Å². The quantitative estimate of drug-likeness (QED) is 0.724. The van der Waals surface area contributed by atoms with Gasteiger partial charge in [0.2, 0.25) is 5.91 Å². The van der Waals surface area contributed by atoms with Crippen LogP contribution in [0.2, 0.25) is 0 Å². The standard InChI is InChI=1S/C16H28N2O3/c1-2-21-16(20)13-17-8-10-18(11-9-17)15(19)12-14-6-4-3-5-7-14/h14H,2-13H2,1H3. The minimum absolute atomic E-state index is 0.167. The summed E-state index contributed by atoms with van der Waals surface area (Å²) in [7, 11) is 0. The number of rotatable bonds is 5. The van der Waals surface area contributed by atoms with E-state index in [9.17, 15) is 9.59 Å². The second-order valence-electron chi connectivity index (χ2n) is 6.17. The molecule has 1 heterocycles. The van der Waals surface area contributed by atoms with Gasteiger partial charge in [-0.05, 0) is 25.7 Å². The van der Waals surface area contributed by atoms with Crippen LogP contribution in [0, 0.1) is 5.92 Å². The summed E-state index contributed by atoms with van der Waals surface area (Å²) >= 11 is 0. The molecule has 0 spiro atoms. The molecule has 1 amide bonds. The second-order valence-corrected chi connectivity index (χ2v) is 6.17. The van der Waals surface area contributed by atoms with Crippen molar-refractivity contribution in [2.24, 2.45) is 5.92 Å². The molecule has 120 valence electrons. The smallest absolute Gasteiger partial charge is 0.320 e. The van der Waals surface area contributed by atoms with Crippen LogP contribution in [-0.4, -0.2) is 61.0 Å². The predicted molar refractivity (Wildman–Crippen MR) is 80.8 cm³/mol. The molecule has 5 heteroatoms. The van der Waals surface area contributed by atoms with E-state index in [1.165, 1.54) is 32.1 Å². The molecule has 0 aromatic carbocycles. The Hall–Kier alpha value is -1.10. The molecular formula is C16H28N2O3. The van der Waals surface area contributed by atoms with Gasteiger partial charge in [-0.25, -0.2) is 0 Å². The Balaban J connectivity index is 1.67. The lowest BCUT2D eigenvalue weighted by Gasteiger charge is -2.35. The minimum Gasteiger partial charge on any atom is -0.465 e. The highest BCUT2D eigenvalue weighted by Gasteiger charge is 2.25. The maximum atomic E-state index is 12.3. The molecule has 1 aliphatic heterocycles. The number of hydrogen-bond acceptors (Lipinski definition) is 4. The van der Waals surface area contributed by atoms with Crippen molar-refractivity contribution in [2.45, 2.75) is 45.4 Å². The summed E-state index contributed by atoms with van der Waals surface area (Å²) in [5, 5.41) is 0. The number of nitrogens with zero attached hydrogens (tertiary/aromatic N) is 2. The summed E-state index contributed by atoms with van der Waals surface area (Å²) in [4.78, 5) is 27.8. The van der Waals surface area contributed by atoms with E-state index in [-0.39, 0.29) is 5.97 Å². The summed E-state index contributed by atoms with van der Waals surface area (Å²) in [5.41, 5.74) is 0. The van der Waals surface area contributed by atoms with Crippen LogP contribution in [-0.2, 0) is 14.3 Å². The van der Waals surface area contributed by atoms with E-state index in [4.69, 9.17) is 4.74 Å². The molecule has 0 aromatic heterocycles. The van der Waals surface area contributed by atoms with E-state index < -0.39 is 0 Å². The molecule has 0 atom stereocenters. The van der Waals surface area contributed by atoms with Crippen LogP contribution in [0.1, 0.15) is 45.4 Å². The number of carbonyl (C=O) groups excluding carboxylic acids is 2. The van der Waals surface area contributed by atoms with Crippen molar-refractivity contribution in [3.8, 4) is 0 Å². The van der Waals surface area contributed by atoms with Crippen molar-refractivity contribution >= 4 is 11.9 Å². The third kappa shape index (κ3) is 5.30. The molecule has 2 fully saturated rings. The Labute approximate surface area is 127 Å². The predicted octanol–water partition coefficient (Wildman–Crippen LogP) is 1.66. The highest BCUT2D eigenvalue weighted by Crippen LogP contribution is 2.26. The van der Waals surface area contributed by atoms with Crippen molar-refractivity contribution in [3.63, 3.8) is 0 Å². The Morgan fingerprint density at radius 2 is 1.71 bits per heavy atom. The first kappa shape index (κ1) is 16.3. The number of esters is 1. The number of hydrogen-bond donors (Lipinski definition) is 0. The average Bonchev–Trinajstić information content (AvgIpc) is 2.49. The SMILES string of the molecule is CCOC(=O)CN1CCN(C(=O)CC2CCCCC2)CC1. The molecule has 1 aliphatic carbocycles. The van der Waals surface area contributed by atoms with Crippen molar-refractivity contribution < 1.29 is 14.3 Å². The normalized spacial score (nSPS) is 21.3. The van der Waals surface area contributed by atoms with Gasteiger partial charge in [0.1, 0.15) is 0 Å². The Morgan fingerprint density at radius 3 is 2.33 bits per heavy atom. The molecule has 0 unspecified atom stereocenters. The van der Waals surface area contributed by atoms with E-state index in [2.05, 4.69) is 4.90 Å². The van der Waals surface area contributed by atoms with Crippen molar-refractivity contribution in [3.05, 3.63) is 0 Å². The van der Waals surface area contributed by atoms with Crippen molar-refractivity contribution in [1.82, 2.24) is 9.80 Å². The highest BCUT2D eigenvalue weighted by molar-refractivity contribution is 5.76. The molecule has 21 heavy (non-hydrogen) atoms. The fourth-order valence-electron chi connectivity index (χ4n) is 3.31. The lowest BCUT2D eigenvalue weighted by atomic mass is 9.86. The second kappa shape index (κ2) is 8.37. The molecule has 2 rings (SSSR count). The summed E-state index contributed by atoms with van der Waals surface area (Å²) in [6.45, 7) is 5.62. The van der Waals surface area contributed by atoms with Crippen molar-refractivity contribution in [2.75, 3.05) is 39.3 Å². The molecule has 0 radical (unpaired) electrons. The molecular weight excluding hydrogens is 268 g/mol. The molecule has 2 aliphatic rings. The molecule has 5 nitrogen and oxygen atoms in total. The van der Waals surface area contributed by atoms with Crippen LogP contribution in [0.5, 0.6) is 0 Å². The zero-order valence-electron chi connectivity index (χ0n) is 13.2. The molecule has 1 saturated carbocycles. The lowest BCUT2D eigenvalue weighted by molar-refractivity contribution is -0.145. The first-order valence-corrected chi connectivity index (χ1v) is 8.34. The van der Waals surface area contributed by atoms with Gasteiger partial charge in [0.25, 0.3) is 0 Å². The van der Waals surface area contributed by atoms with Crippen LogP contribution in [0.4, 0.5) is 0 Å². The van der Waals surface area contributed by atoms with Gasteiger partial charge in [-0.15, -0.1) is 0 Å². The summed E-state index contributed by atoms with van der Waals surface area (Å²) in [6.07, 6.45) is 7.05. The number of ether oxygens (including phenoxy) is 1. The van der Waals surface area contributed by atoms with Crippen LogP contribution in [0.15, 0.2) is 0 Å². The number of piperazine rings is 1. The third-order valence-electron chi connectivity index (χ3n) is 4.57. The molecule has 0 bridgehead atoms. The number of carbonyl (C=O) groups is 2. The van der Waals surface area contributed by atoms with Gasteiger partial charge in [-0.3, -0.25) is 14.5 Å². The molecule has 0 aromatic rings. The number of amides is 1. The summed E-state index contributed by atoms with van der Waals surface area (Å²) < 4.78 is 4.96. The molecule has 0 N–H and O–H groups in total. The lowest BCUT2D eigenvalue weighted by Crippen LogP contribution is -2.50. The maximum absolute atomic E-state index is 12.3. The fraction of sp³-hybridized carbons (Fsp3) is 0.875. The topological polar surface area (TPSA) is 49.9 Å². The molecule has 1 saturated heterocycles. The maximum Gasteiger partial charge on any atom is 0.320 e. The van der Waals surface area contributed by atoms with Crippen LogP contribution >= 0.6 is 0 Å². The largest absolute Gasteiger partial charge is 0.465 e. The monoisotopic (exact) mass is 296 g/mol. The Morgan fingerprint density at radius 1 is 1.05 bits per heavy atom. The van der Waals surface area contributed by atoms with E-state index in [1.807, 2.05) is 11.8 Å².